The zero-order chi connectivity index (χ0) is 26.3. The zero-order valence-electron chi connectivity index (χ0n) is 20.4. The van der Waals surface area contributed by atoms with Crippen LogP contribution >= 0.6 is 0 Å². The summed E-state index contributed by atoms with van der Waals surface area (Å²) >= 11 is 0. The number of amides is 1. The van der Waals surface area contributed by atoms with E-state index < -0.39 is 43.2 Å². The van der Waals surface area contributed by atoms with Gasteiger partial charge in [-0.3, -0.25) is 14.1 Å². The zero-order valence-corrected chi connectivity index (χ0v) is 24.1. The molecule has 1 saturated heterocycles. The van der Waals surface area contributed by atoms with Crippen LogP contribution in [0.3, 0.4) is 0 Å². The van der Waals surface area contributed by atoms with Crippen molar-refractivity contribution in [2.24, 2.45) is 0 Å². The molecule has 192 valence electrons. The summed E-state index contributed by atoms with van der Waals surface area (Å²) in [6.45, 7) is -0.222. The van der Waals surface area contributed by atoms with Crippen LogP contribution in [0.4, 0.5) is 10.2 Å². The third-order valence-corrected chi connectivity index (χ3v) is 9.45. The van der Waals surface area contributed by atoms with Gasteiger partial charge in [0.05, 0.1) is 16.2 Å². The van der Waals surface area contributed by atoms with Crippen molar-refractivity contribution in [3.8, 4) is 5.75 Å². The summed E-state index contributed by atoms with van der Waals surface area (Å²) in [6, 6.07) is 6.14. The van der Waals surface area contributed by atoms with E-state index in [9.17, 15) is 31.1 Å². The largest absolute Gasteiger partial charge is 1.00 e. The standard InChI is InChI=1S/C22H24FN5O6S2.Na/c1-27(2)36(33,34)17-12-15(23)8-7-14(17)13-25-22(30)19-20(29)18-16(6-5-9-24-18)21(26-19)28-10-3-4-11-35(28,31)32;/h5-9,12,29H,3-4,10-11,13H2,1-2H3,(H,25,30);/q;+1/p-1. The third-order valence-electron chi connectivity index (χ3n) is 5.72. The van der Waals surface area contributed by atoms with E-state index in [-0.39, 0.29) is 75.6 Å². The van der Waals surface area contributed by atoms with Crippen LogP contribution in [0.2, 0.25) is 0 Å². The molecule has 1 amide bonds. The van der Waals surface area contributed by atoms with Crippen LogP contribution in [0.15, 0.2) is 41.4 Å². The SMILES string of the molecule is CN(C)S(=O)(=O)c1cc(F)ccc1CNC(=O)c1nc(N2CCCCS2(=O)=O)c2cccnc2c1[O-].[Na+]. The molecule has 3 heterocycles. The second kappa shape index (κ2) is 11.2. The normalized spacial score (nSPS) is 15.4. The Bertz CT molecular complexity index is 1570. The van der Waals surface area contributed by atoms with Gasteiger partial charge in [-0.1, -0.05) is 6.07 Å². The topological polar surface area (TPSA) is 153 Å². The quantitative estimate of drug-likeness (QED) is 0.339. The second-order valence-electron chi connectivity index (χ2n) is 8.33. The number of benzene rings is 1. The molecule has 1 aromatic carbocycles. The van der Waals surface area contributed by atoms with E-state index in [1.165, 1.54) is 38.5 Å². The number of carbonyl (C=O) groups is 1. The first-order chi connectivity index (χ1) is 16.9. The van der Waals surface area contributed by atoms with Gasteiger partial charge in [-0.25, -0.2) is 30.5 Å². The molecule has 11 nitrogen and oxygen atoms in total. The summed E-state index contributed by atoms with van der Waals surface area (Å²) in [5.74, 6) is -2.70. The number of pyridine rings is 2. The van der Waals surface area contributed by atoms with Crippen molar-refractivity contribution in [2.45, 2.75) is 24.3 Å². The first-order valence-corrected chi connectivity index (χ1v) is 13.9. The van der Waals surface area contributed by atoms with Crippen molar-refractivity contribution in [3.05, 3.63) is 53.6 Å². The summed E-state index contributed by atoms with van der Waals surface area (Å²) in [5.41, 5.74) is -0.620. The summed E-state index contributed by atoms with van der Waals surface area (Å²) in [7, 11) is -5.17. The number of nitrogens with zero attached hydrogens (tertiary/aromatic N) is 4. The van der Waals surface area contributed by atoms with E-state index in [1.54, 1.807) is 0 Å². The number of anilines is 1. The van der Waals surface area contributed by atoms with Crippen LogP contribution in [-0.4, -0.2) is 63.4 Å². The summed E-state index contributed by atoms with van der Waals surface area (Å²) < 4.78 is 66.4. The molecule has 2 aromatic heterocycles. The molecule has 15 heteroatoms. The van der Waals surface area contributed by atoms with E-state index in [0.717, 1.165) is 20.7 Å². The molecule has 0 radical (unpaired) electrons. The first-order valence-electron chi connectivity index (χ1n) is 10.9. The molecule has 37 heavy (non-hydrogen) atoms. The summed E-state index contributed by atoms with van der Waals surface area (Å²) in [4.78, 5) is 20.9. The third kappa shape index (κ3) is 5.73. The Balaban J connectivity index is 0.00000380. The van der Waals surface area contributed by atoms with Crippen molar-refractivity contribution in [3.63, 3.8) is 0 Å². The second-order valence-corrected chi connectivity index (χ2v) is 12.5. The molecule has 1 N–H and O–H groups in total. The molecule has 0 unspecified atom stereocenters. The van der Waals surface area contributed by atoms with Crippen LogP contribution in [-0.2, 0) is 26.6 Å². The minimum Gasteiger partial charge on any atom is -0.869 e. The molecule has 0 saturated carbocycles. The number of hydrogen-bond donors (Lipinski definition) is 1. The maximum absolute atomic E-state index is 13.8. The first kappa shape index (κ1) is 29.2. The Morgan fingerprint density at radius 2 is 1.97 bits per heavy atom. The molecule has 0 atom stereocenters. The van der Waals surface area contributed by atoms with Crippen LogP contribution in [0.1, 0.15) is 28.9 Å². The van der Waals surface area contributed by atoms with E-state index in [0.29, 0.717) is 12.8 Å². The van der Waals surface area contributed by atoms with Crippen molar-refractivity contribution < 1.29 is 60.7 Å². The van der Waals surface area contributed by atoms with Gasteiger partial charge in [-0.05, 0) is 48.4 Å². The van der Waals surface area contributed by atoms with Gasteiger partial charge < -0.3 is 10.4 Å². The predicted molar refractivity (Wildman–Crippen MR) is 128 cm³/mol. The van der Waals surface area contributed by atoms with Gasteiger partial charge in [0.15, 0.2) is 5.82 Å². The Labute approximate surface area is 236 Å². The minimum atomic E-state index is -4.03. The van der Waals surface area contributed by atoms with Crippen molar-refractivity contribution in [1.29, 1.82) is 0 Å². The van der Waals surface area contributed by atoms with Crippen molar-refractivity contribution in [1.82, 2.24) is 19.6 Å². The van der Waals surface area contributed by atoms with E-state index in [2.05, 4.69) is 15.3 Å². The monoisotopic (exact) mass is 559 g/mol. The maximum atomic E-state index is 13.8. The van der Waals surface area contributed by atoms with E-state index in [1.807, 2.05) is 0 Å². The Morgan fingerprint density at radius 3 is 2.65 bits per heavy atom. The van der Waals surface area contributed by atoms with E-state index in [4.69, 9.17) is 0 Å². The number of hydrogen-bond acceptors (Lipinski definition) is 8. The molecule has 1 fully saturated rings. The van der Waals surface area contributed by atoms with Gasteiger partial charge in [-0.15, -0.1) is 0 Å². The fourth-order valence-corrected chi connectivity index (χ4v) is 6.56. The smallest absolute Gasteiger partial charge is 0.869 e. The molecule has 1 aliphatic rings. The van der Waals surface area contributed by atoms with Crippen LogP contribution in [0.5, 0.6) is 5.75 Å². The predicted octanol–water partition coefficient (Wildman–Crippen LogP) is -2.04. The van der Waals surface area contributed by atoms with Crippen LogP contribution in [0.25, 0.3) is 10.9 Å². The van der Waals surface area contributed by atoms with Crippen molar-refractivity contribution >= 4 is 42.7 Å². The fraction of sp³-hybridized carbons (Fsp3) is 0.318. The molecular weight excluding hydrogens is 536 g/mol. The number of sulfonamides is 2. The summed E-state index contributed by atoms with van der Waals surface area (Å²) in [6.07, 6.45) is 2.41. The Morgan fingerprint density at radius 1 is 1.24 bits per heavy atom. The maximum Gasteiger partial charge on any atom is 1.00 e. The van der Waals surface area contributed by atoms with Gasteiger partial charge >= 0.3 is 29.6 Å². The fourth-order valence-electron chi connectivity index (χ4n) is 3.84. The Hall–Kier alpha value is -2.36. The molecule has 3 aromatic rings. The average molecular weight is 560 g/mol. The van der Waals surface area contributed by atoms with Crippen LogP contribution < -0.4 is 44.3 Å². The van der Waals surface area contributed by atoms with E-state index >= 15 is 0 Å². The van der Waals surface area contributed by atoms with Gasteiger partial charge in [0.2, 0.25) is 20.0 Å². The molecular formula is C22H23FN5NaO6S2. The Kier molecular flexibility index (Phi) is 8.82. The number of rotatable bonds is 6. The summed E-state index contributed by atoms with van der Waals surface area (Å²) in [5, 5.41) is 15.7. The minimum absolute atomic E-state index is 0. The molecule has 0 bridgehead atoms. The number of carbonyl (C=O) groups excluding carboxylic acids is 1. The van der Waals surface area contributed by atoms with Crippen molar-refractivity contribution in [2.75, 3.05) is 30.7 Å². The number of aromatic nitrogens is 2. The molecule has 0 spiro atoms. The number of halogens is 1. The molecule has 4 rings (SSSR count). The molecule has 0 aliphatic carbocycles. The van der Waals surface area contributed by atoms with Gasteiger partial charge in [0.1, 0.15) is 11.5 Å². The molecule has 1 aliphatic heterocycles. The number of nitrogens with one attached hydrogen (secondary N) is 1. The van der Waals surface area contributed by atoms with Gasteiger partial charge in [-0.2, -0.15) is 0 Å². The average Bonchev–Trinajstić information content (AvgIpc) is 2.83. The number of fused-ring (bicyclic) bond motifs is 1. The van der Waals surface area contributed by atoms with Crippen LogP contribution in [0, 0.1) is 5.82 Å². The van der Waals surface area contributed by atoms with Gasteiger partial charge in [0.25, 0.3) is 5.91 Å². The van der Waals surface area contributed by atoms with Gasteiger partial charge in [0, 0.05) is 38.8 Å².